The number of aromatic nitrogens is 2. The van der Waals surface area contributed by atoms with Gasteiger partial charge in [0.05, 0.1) is 18.0 Å². The second kappa shape index (κ2) is 3.58. The molecule has 4 nitrogen and oxygen atoms in total. The van der Waals surface area contributed by atoms with Crippen LogP contribution in [0.4, 0.5) is 5.69 Å². The van der Waals surface area contributed by atoms with Crippen molar-refractivity contribution in [2.45, 2.75) is 20.0 Å². The van der Waals surface area contributed by atoms with Crippen LogP contribution in [0.1, 0.15) is 13.8 Å². The van der Waals surface area contributed by atoms with Crippen molar-refractivity contribution in [1.29, 1.82) is 0 Å². The molecule has 1 rings (SSSR count). The van der Waals surface area contributed by atoms with Crippen LogP contribution in [0.3, 0.4) is 0 Å². The van der Waals surface area contributed by atoms with Crippen molar-refractivity contribution in [3.63, 3.8) is 0 Å². The summed E-state index contributed by atoms with van der Waals surface area (Å²) in [5, 5.41) is 0.223. The summed E-state index contributed by atoms with van der Waals surface area (Å²) in [5.74, 6) is 0. The molecule has 0 aliphatic rings. The Morgan fingerprint density at radius 2 is 2.25 bits per heavy atom. The maximum Gasteiger partial charge on any atom is 0.318 e. The highest BCUT2D eigenvalue weighted by molar-refractivity contribution is 6.31. The van der Waals surface area contributed by atoms with E-state index in [-0.39, 0.29) is 17.3 Å². The van der Waals surface area contributed by atoms with Crippen molar-refractivity contribution in [2.24, 2.45) is 0 Å². The second-order valence-corrected chi connectivity index (χ2v) is 2.92. The third kappa shape index (κ3) is 2.23. The zero-order valence-corrected chi connectivity index (χ0v) is 7.67. The predicted octanol–water partition coefficient (Wildman–Crippen LogP) is 1.50. The van der Waals surface area contributed by atoms with E-state index in [1.165, 1.54) is 6.20 Å². The summed E-state index contributed by atoms with van der Waals surface area (Å²) < 4.78 is 5.19. The molecule has 5 heteroatoms. The lowest BCUT2D eigenvalue weighted by atomic mass is 10.5. The molecule has 0 radical (unpaired) electrons. The molecule has 1 aromatic rings. The van der Waals surface area contributed by atoms with Gasteiger partial charge in [-0.1, -0.05) is 11.6 Å². The Balaban J connectivity index is 2.82. The van der Waals surface area contributed by atoms with E-state index in [2.05, 4.69) is 9.97 Å². The van der Waals surface area contributed by atoms with Gasteiger partial charge in [-0.15, -0.1) is 0 Å². The fourth-order valence-corrected chi connectivity index (χ4v) is 0.744. The Kier molecular flexibility index (Phi) is 2.70. The number of nitrogen functional groups attached to an aromatic ring is 1. The molecule has 66 valence electrons. The number of ether oxygens (including phenoxy) is 1. The van der Waals surface area contributed by atoms with Gasteiger partial charge in [-0.3, -0.25) is 0 Å². The molecule has 0 saturated carbocycles. The van der Waals surface area contributed by atoms with Crippen LogP contribution >= 0.6 is 11.6 Å². The predicted molar refractivity (Wildman–Crippen MR) is 47.2 cm³/mol. The van der Waals surface area contributed by atoms with E-state index in [1.807, 2.05) is 13.8 Å². The van der Waals surface area contributed by atoms with Crippen LogP contribution in [0.5, 0.6) is 6.01 Å². The largest absolute Gasteiger partial charge is 0.461 e. The SMILES string of the molecule is CC(C)Oc1ncc(N)c(Cl)n1. The number of rotatable bonds is 2. The second-order valence-electron chi connectivity index (χ2n) is 2.57. The van der Waals surface area contributed by atoms with Crippen LogP contribution in [0.2, 0.25) is 5.15 Å². The minimum absolute atomic E-state index is 0.0321. The van der Waals surface area contributed by atoms with Gasteiger partial charge in [-0.25, -0.2) is 4.98 Å². The molecule has 0 aromatic carbocycles. The normalized spacial score (nSPS) is 10.3. The summed E-state index contributed by atoms with van der Waals surface area (Å²) in [5.41, 5.74) is 5.76. The molecule has 0 unspecified atom stereocenters. The van der Waals surface area contributed by atoms with Gasteiger partial charge < -0.3 is 10.5 Å². The van der Waals surface area contributed by atoms with Gasteiger partial charge in [0.15, 0.2) is 5.15 Å². The average molecular weight is 188 g/mol. The monoisotopic (exact) mass is 187 g/mol. The standard InChI is InChI=1S/C7H10ClN3O/c1-4(2)12-7-10-3-5(9)6(8)11-7/h3-4H,9H2,1-2H3. The van der Waals surface area contributed by atoms with Crippen molar-refractivity contribution >= 4 is 17.3 Å². The van der Waals surface area contributed by atoms with Crippen molar-refractivity contribution in [2.75, 3.05) is 5.73 Å². The molecule has 0 spiro atoms. The third-order valence-corrected chi connectivity index (χ3v) is 1.39. The molecule has 1 heterocycles. The summed E-state index contributed by atoms with van der Waals surface area (Å²) >= 11 is 5.64. The van der Waals surface area contributed by atoms with E-state index in [0.29, 0.717) is 5.69 Å². The van der Waals surface area contributed by atoms with Crippen molar-refractivity contribution in [3.8, 4) is 6.01 Å². The summed E-state index contributed by atoms with van der Waals surface area (Å²) in [6, 6.07) is 0.254. The van der Waals surface area contributed by atoms with Crippen LogP contribution in [-0.4, -0.2) is 16.1 Å². The Hall–Kier alpha value is -1.03. The smallest absolute Gasteiger partial charge is 0.318 e. The van der Waals surface area contributed by atoms with Crippen LogP contribution < -0.4 is 10.5 Å². The highest BCUT2D eigenvalue weighted by Gasteiger charge is 2.03. The maximum absolute atomic E-state index is 5.64. The number of nitrogens with zero attached hydrogens (tertiary/aromatic N) is 2. The summed E-state index contributed by atoms with van der Waals surface area (Å²) in [6.45, 7) is 3.77. The maximum atomic E-state index is 5.64. The third-order valence-electron chi connectivity index (χ3n) is 1.09. The van der Waals surface area contributed by atoms with E-state index in [9.17, 15) is 0 Å². The first-order chi connectivity index (χ1) is 5.59. The molecule has 0 aliphatic heterocycles. The topological polar surface area (TPSA) is 61.0 Å². The summed E-state index contributed by atoms with van der Waals surface area (Å²) in [6.07, 6.45) is 1.46. The van der Waals surface area contributed by atoms with Crippen LogP contribution in [0, 0.1) is 0 Å². The van der Waals surface area contributed by atoms with Gasteiger partial charge in [0.25, 0.3) is 0 Å². The minimum Gasteiger partial charge on any atom is -0.461 e. The van der Waals surface area contributed by atoms with Gasteiger partial charge in [0.2, 0.25) is 0 Å². The van der Waals surface area contributed by atoms with E-state index < -0.39 is 0 Å². The lowest BCUT2D eigenvalue weighted by Crippen LogP contribution is -2.08. The highest BCUT2D eigenvalue weighted by Crippen LogP contribution is 2.16. The lowest BCUT2D eigenvalue weighted by molar-refractivity contribution is 0.222. The van der Waals surface area contributed by atoms with Crippen molar-refractivity contribution in [1.82, 2.24) is 9.97 Å². The summed E-state index contributed by atoms with van der Waals surface area (Å²) in [4.78, 5) is 7.66. The molecule has 1 aromatic heterocycles. The fourth-order valence-electron chi connectivity index (χ4n) is 0.623. The molecular weight excluding hydrogens is 178 g/mol. The molecule has 0 atom stereocenters. The first-order valence-corrected chi connectivity index (χ1v) is 3.92. The number of anilines is 1. The van der Waals surface area contributed by atoms with Crippen LogP contribution in [-0.2, 0) is 0 Å². The highest BCUT2D eigenvalue weighted by atomic mass is 35.5. The molecule has 0 bridgehead atoms. The first kappa shape index (κ1) is 9.06. The van der Waals surface area contributed by atoms with Gasteiger partial charge in [0.1, 0.15) is 0 Å². The number of hydrogen-bond donors (Lipinski definition) is 1. The van der Waals surface area contributed by atoms with Gasteiger partial charge >= 0.3 is 6.01 Å². The fraction of sp³-hybridized carbons (Fsp3) is 0.429. The molecule has 0 aliphatic carbocycles. The van der Waals surface area contributed by atoms with Crippen LogP contribution in [0.15, 0.2) is 6.20 Å². The quantitative estimate of drug-likeness (QED) is 0.713. The first-order valence-electron chi connectivity index (χ1n) is 3.54. The molecule has 0 fully saturated rings. The molecule has 0 saturated heterocycles. The van der Waals surface area contributed by atoms with Crippen molar-refractivity contribution < 1.29 is 4.74 Å². The molecule has 12 heavy (non-hydrogen) atoms. The van der Waals surface area contributed by atoms with E-state index in [0.717, 1.165) is 0 Å². The van der Waals surface area contributed by atoms with E-state index in [4.69, 9.17) is 22.1 Å². The minimum atomic E-state index is 0.0321. The Bertz CT molecular complexity index is 277. The number of hydrogen-bond acceptors (Lipinski definition) is 4. The Morgan fingerprint density at radius 1 is 1.58 bits per heavy atom. The zero-order valence-electron chi connectivity index (χ0n) is 6.91. The molecule has 0 amide bonds. The van der Waals surface area contributed by atoms with E-state index in [1.54, 1.807) is 0 Å². The summed E-state index contributed by atoms with van der Waals surface area (Å²) in [7, 11) is 0. The molecule has 2 N–H and O–H groups in total. The van der Waals surface area contributed by atoms with Crippen molar-refractivity contribution in [3.05, 3.63) is 11.3 Å². The average Bonchev–Trinajstić information content (AvgIpc) is 1.96. The van der Waals surface area contributed by atoms with Gasteiger partial charge in [-0.2, -0.15) is 4.98 Å². The number of nitrogens with two attached hydrogens (primary N) is 1. The Morgan fingerprint density at radius 3 is 2.75 bits per heavy atom. The van der Waals surface area contributed by atoms with E-state index >= 15 is 0 Å². The van der Waals surface area contributed by atoms with Gasteiger partial charge in [-0.05, 0) is 13.8 Å². The zero-order chi connectivity index (χ0) is 9.14. The molecular formula is C7H10ClN3O. The number of halogens is 1. The lowest BCUT2D eigenvalue weighted by Gasteiger charge is -2.07. The van der Waals surface area contributed by atoms with Crippen LogP contribution in [0.25, 0.3) is 0 Å². The van der Waals surface area contributed by atoms with Gasteiger partial charge in [0, 0.05) is 0 Å². The Labute approximate surface area is 75.7 Å².